The molecule has 2 aromatic carbocycles. The lowest BCUT2D eigenvalue weighted by Crippen LogP contribution is -2.14. The molecule has 0 radical (unpaired) electrons. The highest BCUT2D eigenvalue weighted by Gasteiger charge is 2.11. The summed E-state index contributed by atoms with van der Waals surface area (Å²) in [6.45, 7) is 2.88. The number of carbonyl (C=O) groups excluding carboxylic acids is 1. The van der Waals surface area contributed by atoms with Crippen LogP contribution in [-0.2, 0) is 4.79 Å². The van der Waals surface area contributed by atoms with E-state index in [4.69, 9.17) is 4.74 Å². The molecule has 0 aliphatic carbocycles. The molecular formula is C24H27FN2O2. The van der Waals surface area contributed by atoms with Crippen molar-refractivity contribution in [3.8, 4) is 11.8 Å². The number of hydrogen-bond donors (Lipinski definition) is 1. The van der Waals surface area contributed by atoms with Crippen molar-refractivity contribution < 1.29 is 13.9 Å². The lowest BCUT2D eigenvalue weighted by atomic mass is 10.1. The number of nitrogens with zero attached hydrogens (tertiary/aromatic N) is 1. The molecule has 152 valence electrons. The number of rotatable bonds is 11. The van der Waals surface area contributed by atoms with Gasteiger partial charge in [0, 0.05) is 0 Å². The lowest BCUT2D eigenvalue weighted by Gasteiger charge is -2.07. The van der Waals surface area contributed by atoms with Crippen LogP contribution in [0, 0.1) is 17.1 Å². The number of para-hydroxylation sites is 1. The van der Waals surface area contributed by atoms with E-state index in [0.29, 0.717) is 12.2 Å². The number of benzene rings is 2. The van der Waals surface area contributed by atoms with E-state index in [2.05, 4.69) is 12.2 Å². The van der Waals surface area contributed by atoms with E-state index in [0.717, 1.165) is 12.2 Å². The molecule has 0 spiro atoms. The molecule has 0 aromatic heterocycles. The van der Waals surface area contributed by atoms with Crippen LogP contribution in [0.3, 0.4) is 0 Å². The zero-order valence-electron chi connectivity index (χ0n) is 16.8. The normalized spacial score (nSPS) is 11.0. The Morgan fingerprint density at radius 2 is 1.76 bits per heavy atom. The summed E-state index contributed by atoms with van der Waals surface area (Å²) >= 11 is 0. The van der Waals surface area contributed by atoms with Crippen LogP contribution in [0.1, 0.15) is 51.0 Å². The van der Waals surface area contributed by atoms with Crippen LogP contribution in [0.2, 0.25) is 0 Å². The Labute approximate surface area is 172 Å². The fourth-order valence-electron chi connectivity index (χ4n) is 2.80. The van der Waals surface area contributed by atoms with Gasteiger partial charge in [0.05, 0.1) is 12.3 Å². The molecule has 2 rings (SSSR count). The standard InChI is InChI=1S/C24H27FN2O2/c1-2-3-4-5-6-9-16-29-21-14-12-19(13-15-21)17-20(18-26)24(28)27-23-11-8-7-10-22(23)25/h7-8,10-15,17H,2-6,9,16H2,1H3,(H,27,28)/b20-17+. The summed E-state index contributed by atoms with van der Waals surface area (Å²) in [5.74, 6) is -0.448. The number of nitrogens with one attached hydrogen (secondary N) is 1. The highest BCUT2D eigenvalue weighted by Crippen LogP contribution is 2.17. The molecular weight excluding hydrogens is 367 g/mol. The summed E-state index contributed by atoms with van der Waals surface area (Å²) < 4.78 is 19.4. The molecule has 0 saturated carbocycles. The molecule has 2 aromatic rings. The molecule has 0 bridgehead atoms. The minimum absolute atomic E-state index is 0.0390. The smallest absolute Gasteiger partial charge is 0.266 e. The Kier molecular flexibility index (Phi) is 9.44. The van der Waals surface area contributed by atoms with Crippen LogP contribution >= 0.6 is 0 Å². The van der Waals surface area contributed by atoms with Gasteiger partial charge in [-0.15, -0.1) is 0 Å². The van der Waals surface area contributed by atoms with Crippen LogP contribution < -0.4 is 10.1 Å². The van der Waals surface area contributed by atoms with Crippen molar-refractivity contribution in [1.82, 2.24) is 0 Å². The van der Waals surface area contributed by atoms with Gasteiger partial charge in [0.15, 0.2) is 0 Å². The van der Waals surface area contributed by atoms with Gasteiger partial charge in [-0.1, -0.05) is 63.3 Å². The van der Waals surface area contributed by atoms with Gasteiger partial charge < -0.3 is 10.1 Å². The first-order chi connectivity index (χ1) is 14.1. The summed E-state index contributed by atoms with van der Waals surface area (Å²) in [7, 11) is 0. The maximum Gasteiger partial charge on any atom is 0.266 e. The van der Waals surface area contributed by atoms with Crippen LogP contribution in [0.4, 0.5) is 10.1 Å². The summed E-state index contributed by atoms with van der Waals surface area (Å²) in [4.78, 5) is 12.2. The third-order valence-electron chi connectivity index (χ3n) is 4.44. The van der Waals surface area contributed by atoms with Crippen molar-refractivity contribution in [3.63, 3.8) is 0 Å². The van der Waals surface area contributed by atoms with Gasteiger partial charge in [-0.2, -0.15) is 5.26 Å². The first-order valence-electron chi connectivity index (χ1n) is 10.0. The molecule has 1 amide bonds. The van der Waals surface area contributed by atoms with Gasteiger partial charge >= 0.3 is 0 Å². The molecule has 0 saturated heterocycles. The zero-order chi connectivity index (χ0) is 20.9. The predicted molar refractivity (Wildman–Crippen MR) is 114 cm³/mol. The van der Waals surface area contributed by atoms with Crippen LogP contribution in [0.25, 0.3) is 6.08 Å². The quantitative estimate of drug-likeness (QED) is 0.284. The van der Waals surface area contributed by atoms with Crippen molar-refractivity contribution in [2.45, 2.75) is 45.4 Å². The molecule has 0 aliphatic heterocycles. The van der Waals surface area contributed by atoms with Gasteiger partial charge in [0.25, 0.3) is 5.91 Å². The van der Waals surface area contributed by atoms with Crippen molar-refractivity contribution in [2.24, 2.45) is 0 Å². The van der Waals surface area contributed by atoms with Gasteiger partial charge in [-0.3, -0.25) is 4.79 Å². The lowest BCUT2D eigenvalue weighted by molar-refractivity contribution is -0.112. The molecule has 0 fully saturated rings. The third-order valence-corrected chi connectivity index (χ3v) is 4.44. The minimum Gasteiger partial charge on any atom is -0.494 e. The van der Waals surface area contributed by atoms with E-state index in [1.165, 1.54) is 56.4 Å². The summed E-state index contributed by atoms with van der Waals surface area (Å²) in [6.07, 6.45) is 8.72. The predicted octanol–water partition coefficient (Wildman–Crippen LogP) is 6.11. The molecule has 5 heteroatoms. The second-order valence-electron chi connectivity index (χ2n) is 6.79. The van der Waals surface area contributed by atoms with Crippen molar-refractivity contribution in [3.05, 3.63) is 65.5 Å². The SMILES string of the molecule is CCCCCCCCOc1ccc(/C=C(\C#N)C(=O)Nc2ccccc2F)cc1. The molecule has 1 N–H and O–H groups in total. The Morgan fingerprint density at radius 1 is 1.07 bits per heavy atom. The monoisotopic (exact) mass is 394 g/mol. The van der Waals surface area contributed by atoms with Gasteiger partial charge in [-0.25, -0.2) is 4.39 Å². The highest BCUT2D eigenvalue weighted by molar-refractivity contribution is 6.09. The van der Waals surface area contributed by atoms with E-state index in [-0.39, 0.29) is 11.3 Å². The molecule has 0 heterocycles. The second-order valence-corrected chi connectivity index (χ2v) is 6.79. The summed E-state index contributed by atoms with van der Waals surface area (Å²) in [5, 5.41) is 11.7. The second kappa shape index (κ2) is 12.4. The maximum atomic E-state index is 13.7. The van der Waals surface area contributed by atoms with Crippen LogP contribution in [0.5, 0.6) is 5.75 Å². The first kappa shape index (κ1) is 22.2. The zero-order valence-corrected chi connectivity index (χ0v) is 16.8. The van der Waals surface area contributed by atoms with Crippen molar-refractivity contribution in [1.29, 1.82) is 5.26 Å². The van der Waals surface area contributed by atoms with Gasteiger partial charge in [-0.05, 0) is 42.3 Å². The fourth-order valence-corrected chi connectivity index (χ4v) is 2.80. The van der Waals surface area contributed by atoms with E-state index in [1.807, 2.05) is 18.2 Å². The third kappa shape index (κ3) is 7.79. The van der Waals surface area contributed by atoms with E-state index in [1.54, 1.807) is 18.2 Å². The van der Waals surface area contributed by atoms with Gasteiger partial charge in [0.1, 0.15) is 23.2 Å². The molecule has 29 heavy (non-hydrogen) atoms. The first-order valence-corrected chi connectivity index (χ1v) is 10.0. The average Bonchev–Trinajstić information content (AvgIpc) is 2.74. The van der Waals surface area contributed by atoms with E-state index in [9.17, 15) is 14.4 Å². The number of halogens is 1. The van der Waals surface area contributed by atoms with E-state index < -0.39 is 11.7 Å². The molecule has 0 aliphatic rings. The summed E-state index contributed by atoms with van der Waals surface area (Å²) in [6, 6.07) is 14.9. The number of hydrogen-bond acceptors (Lipinski definition) is 3. The number of ether oxygens (including phenoxy) is 1. The fraction of sp³-hybridized carbons (Fsp3) is 0.333. The van der Waals surface area contributed by atoms with E-state index >= 15 is 0 Å². The van der Waals surface area contributed by atoms with Gasteiger partial charge in [0.2, 0.25) is 0 Å². The maximum absolute atomic E-state index is 13.7. The Hall–Kier alpha value is -3.13. The Bertz CT molecular complexity index is 854. The number of unbranched alkanes of at least 4 members (excludes halogenated alkanes) is 5. The summed E-state index contributed by atoms with van der Waals surface area (Å²) in [5.41, 5.74) is 0.628. The number of carbonyl (C=O) groups is 1. The average molecular weight is 394 g/mol. The topological polar surface area (TPSA) is 62.1 Å². The number of anilines is 1. The molecule has 4 nitrogen and oxygen atoms in total. The largest absolute Gasteiger partial charge is 0.494 e. The number of nitriles is 1. The minimum atomic E-state index is -0.652. The Balaban J connectivity index is 1.87. The number of amides is 1. The van der Waals surface area contributed by atoms with Crippen molar-refractivity contribution >= 4 is 17.7 Å². The van der Waals surface area contributed by atoms with Crippen LogP contribution in [-0.4, -0.2) is 12.5 Å². The molecule has 0 atom stereocenters. The van der Waals surface area contributed by atoms with Crippen molar-refractivity contribution in [2.75, 3.05) is 11.9 Å². The van der Waals surface area contributed by atoms with Crippen LogP contribution in [0.15, 0.2) is 54.1 Å². The Morgan fingerprint density at radius 3 is 2.45 bits per heavy atom. The molecule has 0 unspecified atom stereocenters. The highest BCUT2D eigenvalue weighted by atomic mass is 19.1.